The van der Waals surface area contributed by atoms with E-state index in [4.69, 9.17) is 9.97 Å². The lowest BCUT2D eigenvalue weighted by Gasteiger charge is -2.12. The van der Waals surface area contributed by atoms with Gasteiger partial charge in [0, 0.05) is 16.6 Å². The van der Waals surface area contributed by atoms with E-state index in [-0.39, 0.29) is 12.4 Å². The zero-order valence-electron chi connectivity index (χ0n) is 13.8. The van der Waals surface area contributed by atoms with Gasteiger partial charge in [-0.2, -0.15) is 0 Å². The van der Waals surface area contributed by atoms with Gasteiger partial charge in [0.1, 0.15) is 5.82 Å². The fourth-order valence-electron chi connectivity index (χ4n) is 2.73. The van der Waals surface area contributed by atoms with Gasteiger partial charge in [-0.25, -0.2) is 9.97 Å². The second-order valence-electron chi connectivity index (χ2n) is 5.72. The summed E-state index contributed by atoms with van der Waals surface area (Å²) in [5, 5.41) is 4.49. The molecule has 3 nitrogen and oxygen atoms in total. The van der Waals surface area contributed by atoms with Crippen LogP contribution in [0, 0.1) is 6.92 Å². The number of hydrogen-bond donors (Lipinski definition) is 1. The first kappa shape index (κ1) is 16.9. The van der Waals surface area contributed by atoms with Crippen LogP contribution in [0.5, 0.6) is 0 Å². The zero-order valence-corrected chi connectivity index (χ0v) is 14.5. The maximum absolute atomic E-state index is 4.79. The minimum Gasteiger partial charge on any atom is -1.00 e. The van der Waals surface area contributed by atoms with E-state index in [2.05, 4.69) is 24.4 Å². The number of aryl methyl sites for hydroxylation is 1. The molecule has 0 fully saturated rings. The van der Waals surface area contributed by atoms with Crippen molar-refractivity contribution in [2.45, 2.75) is 6.92 Å². The maximum atomic E-state index is 4.79. The van der Waals surface area contributed by atoms with Gasteiger partial charge >= 0.3 is 0 Å². The van der Waals surface area contributed by atoms with E-state index in [9.17, 15) is 0 Å². The molecule has 0 saturated carbocycles. The van der Waals surface area contributed by atoms with Gasteiger partial charge in [0.15, 0.2) is 5.82 Å². The van der Waals surface area contributed by atoms with Crippen molar-refractivity contribution in [3.05, 3.63) is 84.4 Å². The van der Waals surface area contributed by atoms with Crippen molar-refractivity contribution in [1.29, 1.82) is 0 Å². The molecule has 3 aromatic carbocycles. The molecule has 0 radical (unpaired) electrons. The van der Waals surface area contributed by atoms with Gasteiger partial charge in [-0.15, -0.1) is 0 Å². The SMILES string of the molecule is Cc1ccccc1Nc1nc(-c2ccccc2)nc2ccccc12.[Cl-]. The number of rotatable bonds is 3. The molecule has 4 rings (SSSR count). The summed E-state index contributed by atoms with van der Waals surface area (Å²) in [5.74, 6) is 1.55. The fourth-order valence-corrected chi connectivity index (χ4v) is 2.73. The number of benzene rings is 3. The van der Waals surface area contributed by atoms with Gasteiger partial charge < -0.3 is 17.7 Å². The van der Waals surface area contributed by atoms with Crippen LogP contribution in [0.2, 0.25) is 0 Å². The van der Waals surface area contributed by atoms with Crippen molar-refractivity contribution < 1.29 is 12.4 Å². The van der Waals surface area contributed by atoms with E-state index in [0.717, 1.165) is 33.8 Å². The predicted octanol–water partition coefficient (Wildman–Crippen LogP) is 2.35. The lowest BCUT2D eigenvalue weighted by Crippen LogP contribution is -3.00. The highest BCUT2D eigenvalue weighted by molar-refractivity contribution is 5.92. The van der Waals surface area contributed by atoms with Crippen LogP contribution in [-0.4, -0.2) is 9.97 Å². The summed E-state index contributed by atoms with van der Waals surface area (Å²) in [6, 6.07) is 26.4. The van der Waals surface area contributed by atoms with E-state index in [1.165, 1.54) is 5.56 Å². The Hall–Kier alpha value is -2.91. The molecule has 4 heteroatoms. The third-order valence-corrected chi connectivity index (χ3v) is 4.03. The minimum absolute atomic E-state index is 0. The quantitative estimate of drug-likeness (QED) is 0.619. The molecule has 0 atom stereocenters. The molecule has 0 aliphatic rings. The standard InChI is InChI=1S/C21H17N3.ClH/c1-15-9-5-7-13-18(15)22-21-17-12-6-8-14-19(17)23-20(24-21)16-10-3-2-4-11-16;/h2-14H,1H3,(H,22,23,24);1H/p-1. The van der Waals surface area contributed by atoms with Crippen molar-refractivity contribution in [1.82, 2.24) is 9.97 Å². The molecule has 0 unspecified atom stereocenters. The number of hydrogen-bond acceptors (Lipinski definition) is 3. The molecule has 0 aliphatic carbocycles. The molecule has 4 aromatic rings. The zero-order chi connectivity index (χ0) is 16.4. The average molecular weight is 347 g/mol. The maximum Gasteiger partial charge on any atom is 0.162 e. The molecular formula is C21H17ClN3-. The fraction of sp³-hybridized carbons (Fsp3) is 0.0476. The van der Waals surface area contributed by atoms with E-state index in [1.54, 1.807) is 0 Å². The summed E-state index contributed by atoms with van der Waals surface area (Å²) in [4.78, 5) is 9.50. The highest BCUT2D eigenvalue weighted by atomic mass is 35.5. The first-order valence-electron chi connectivity index (χ1n) is 7.96. The van der Waals surface area contributed by atoms with Crippen molar-refractivity contribution in [2.75, 3.05) is 5.32 Å². The average Bonchev–Trinajstić information content (AvgIpc) is 2.64. The monoisotopic (exact) mass is 346 g/mol. The highest BCUT2D eigenvalue weighted by Crippen LogP contribution is 2.28. The summed E-state index contributed by atoms with van der Waals surface area (Å²) in [6.45, 7) is 2.09. The van der Waals surface area contributed by atoms with Gasteiger partial charge in [0.2, 0.25) is 0 Å². The Morgan fingerprint density at radius 2 is 1.40 bits per heavy atom. The number of para-hydroxylation sites is 2. The Labute approximate surface area is 153 Å². The number of nitrogens with one attached hydrogen (secondary N) is 1. The van der Waals surface area contributed by atoms with Crippen molar-refractivity contribution in [3.8, 4) is 11.4 Å². The van der Waals surface area contributed by atoms with Crippen LogP contribution >= 0.6 is 0 Å². The van der Waals surface area contributed by atoms with Gasteiger partial charge in [-0.05, 0) is 30.7 Å². The van der Waals surface area contributed by atoms with Crippen LogP contribution in [0.1, 0.15) is 5.56 Å². The summed E-state index contributed by atoms with van der Waals surface area (Å²) >= 11 is 0. The number of fused-ring (bicyclic) bond motifs is 1. The van der Waals surface area contributed by atoms with Gasteiger partial charge in [0.05, 0.1) is 5.52 Å². The lowest BCUT2D eigenvalue weighted by atomic mass is 10.1. The lowest BCUT2D eigenvalue weighted by molar-refractivity contribution is -0.00000486. The molecule has 0 saturated heterocycles. The van der Waals surface area contributed by atoms with Crippen LogP contribution in [0.4, 0.5) is 11.5 Å². The largest absolute Gasteiger partial charge is 1.00 e. The summed E-state index contributed by atoms with van der Waals surface area (Å²) in [5.41, 5.74) is 4.18. The first-order valence-corrected chi connectivity index (χ1v) is 7.96. The molecule has 0 amide bonds. The third kappa shape index (κ3) is 3.47. The number of anilines is 2. The molecule has 1 N–H and O–H groups in total. The molecule has 1 aromatic heterocycles. The molecule has 25 heavy (non-hydrogen) atoms. The van der Waals surface area contributed by atoms with Crippen LogP contribution < -0.4 is 17.7 Å². The Kier molecular flexibility index (Phi) is 4.96. The predicted molar refractivity (Wildman–Crippen MR) is 99.4 cm³/mol. The topological polar surface area (TPSA) is 37.8 Å². The second kappa shape index (κ2) is 7.32. The molecule has 0 aliphatic heterocycles. The van der Waals surface area contributed by atoms with Crippen molar-refractivity contribution in [3.63, 3.8) is 0 Å². The van der Waals surface area contributed by atoms with Gasteiger partial charge in [0.25, 0.3) is 0 Å². The van der Waals surface area contributed by atoms with Gasteiger partial charge in [-0.1, -0.05) is 60.7 Å². The van der Waals surface area contributed by atoms with E-state index < -0.39 is 0 Å². The highest BCUT2D eigenvalue weighted by Gasteiger charge is 2.10. The van der Waals surface area contributed by atoms with Crippen LogP contribution in [0.15, 0.2) is 78.9 Å². The van der Waals surface area contributed by atoms with E-state index >= 15 is 0 Å². The normalized spacial score (nSPS) is 10.3. The molecule has 1 heterocycles. The first-order chi connectivity index (χ1) is 11.8. The van der Waals surface area contributed by atoms with Crippen LogP contribution in [-0.2, 0) is 0 Å². The Morgan fingerprint density at radius 3 is 2.20 bits per heavy atom. The number of nitrogens with zero attached hydrogens (tertiary/aromatic N) is 2. The summed E-state index contributed by atoms with van der Waals surface area (Å²) in [6.07, 6.45) is 0. The Morgan fingerprint density at radius 1 is 0.720 bits per heavy atom. The molecule has 0 bridgehead atoms. The molecular weight excluding hydrogens is 330 g/mol. The summed E-state index contributed by atoms with van der Waals surface area (Å²) < 4.78 is 0. The third-order valence-electron chi connectivity index (χ3n) is 4.03. The Bertz CT molecular complexity index is 1000. The van der Waals surface area contributed by atoms with Gasteiger partial charge in [-0.3, -0.25) is 0 Å². The van der Waals surface area contributed by atoms with E-state index in [1.807, 2.05) is 66.7 Å². The smallest absolute Gasteiger partial charge is 0.162 e. The summed E-state index contributed by atoms with van der Waals surface area (Å²) in [7, 11) is 0. The van der Waals surface area contributed by atoms with Crippen molar-refractivity contribution >= 4 is 22.4 Å². The number of halogens is 1. The molecule has 0 spiro atoms. The number of aromatic nitrogens is 2. The molecule has 124 valence electrons. The van der Waals surface area contributed by atoms with Crippen molar-refractivity contribution in [2.24, 2.45) is 0 Å². The van der Waals surface area contributed by atoms with Crippen LogP contribution in [0.3, 0.4) is 0 Å². The van der Waals surface area contributed by atoms with E-state index in [0.29, 0.717) is 0 Å². The minimum atomic E-state index is 0. The Balaban J connectivity index is 0.00000182. The van der Waals surface area contributed by atoms with Crippen LogP contribution in [0.25, 0.3) is 22.3 Å². The second-order valence-corrected chi connectivity index (χ2v) is 5.72.